The quantitative estimate of drug-likeness (QED) is 0.645. The van der Waals surface area contributed by atoms with Crippen molar-refractivity contribution < 1.29 is 14.3 Å². The Kier molecular flexibility index (Phi) is 5.97. The average molecular weight is 424 g/mol. The molecule has 3 heterocycles. The normalized spacial score (nSPS) is 16.2. The highest BCUT2D eigenvalue weighted by Gasteiger charge is 2.29. The molecule has 164 valence electrons. The van der Waals surface area contributed by atoms with Gasteiger partial charge in [0, 0.05) is 37.8 Å². The molecule has 0 radical (unpaired) electrons. The zero-order chi connectivity index (χ0) is 22.0. The zero-order valence-corrected chi connectivity index (χ0v) is 18.5. The highest BCUT2D eigenvalue weighted by Crippen LogP contribution is 2.30. The first-order valence-corrected chi connectivity index (χ1v) is 10.6. The van der Waals surface area contributed by atoms with Crippen LogP contribution in [0.3, 0.4) is 0 Å². The first kappa shape index (κ1) is 21.0. The van der Waals surface area contributed by atoms with E-state index in [1.54, 1.807) is 32.4 Å². The maximum Gasteiger partial charge on any atom is 0.321 e. The van der Waals surface area contributed by atoms with E-state index in [4.69, 9.17) is 14.5 Å². The predicted molar refractivity (Wildman–Crippen MR) is 120 cm³/mol. The van der Waals surface area contributed by atoms with Crippen LogP contribution in [0.2, 0.25) is 0 Å². The van der Waals surface area contributed by atoms with Crippen molar-refractivity contribution in [3.05, 3.63) is 42.4 Å². The topological polar surface area (TPSA) is 81.5 Å². The molecule has 8 heteroatoms. The third kappa shape index (κ3) is 4.28. The van der Waals surface area contributed by atoms with Gasteiger partial charge in [0.25, 0.3) is 0 Å². The number of carbonyl (C=O) groups is 1. The van der Waals surface area contributed by atoms with Crippen LogP contribution in [0.4, 0.5) is 10.5 Å². The molecule has 1 saturated heterocycles. The Bertz CT molecular complexity index is 1080. The lowest BCUT2D eigenvalue weighted by Crippen LogP contribution is -2.33. The summed E-state index contributed by atoms with van der Waals surface area (Å²) < 4.78 is 12.8. The largest absolute Gasteiger partial charge is 0.497 e. The van der Waals surface area contributed by atoms with E-state index in [2.05, 4.69) is 28.7 Å². The summed E-state index contributed by atoms with van der Waals surface area (Å²) in [5.41, 5.74) is 2.47. The van der Waals surface area contributed by atoms with Crippen molar-refractivity contribution in [3.63, 3.8) is 0 Å². The number of amides is 2. The van der Waals surface area contributed by atoms with Gasteiger partial charge in [-0.2, -0.15) is 0 Å². The van der Waals surface area contributed by atoms with Crippen LogP contribution in [0.1, 0.15) is 32.1 Å². The van der Waals surface area contributed by atoms with E-state index in [0.717, 1.165) is 36.4 Å². The monoisotopic (exact) mass is 423 g/mol. The molecule has 3 aromatic rings. The summed E-state index contributed by atoms with van der Waals surface area (Å²) in [6, 6.07) is 9.42. The molecule has 1 unspecified atom stereocenters. The van der Waals surface area contributed by atoms with Crippen LogP contribution in [0.5, 0.6) is 11.5 Å². The number of nitrogens with zero attached hydrogens (tertiary/aromatic N) is 4. The van der Waals surface area contributed by atoms with Gasteiger partial charge in [0.05, 0.1) is 19.9 Å². The van der Waals surface area contributed by atoms with Crippen molar-refractivity contribution in [1.29, 1.82) is 0 Å². The Balaban J connectivity index is 1.44. The Labute approximate surface area is 182 Å². The number of aromatic nitrogens is 3. The SMILES string of the molecule is COc1ccc(NC(=O)N2CCC(Cc3nc4cccnc4n3C(C)C)C2)c(OC)c1. The first-order valence-electron chi connectivity index (χ1n) is 10.6. The van der Waals surface area contributed by atoms with Gasteiger partial charge < -0.3 is 24.3 Å². The summed E-state index contributed by atoms with van der Waals surface area (Å²) in [7, 11) is 3.17. The molecule has 0 spiro atoms. The molecule has 2 amide bonds. The minimum absolute atomic E-state index is 0.120. The third-order valence-electron chi connectivity index (χ3n) is 5.73. The summed E-state index contributed by atoms with van der Waals surface area (Å²) >= 11 is 0. The van der Waals surface area contributed by atoms with E-state index in [9.17, 15) is 4.79 Å². The Morgan fingerprint density at radius 1 is 1.26 bits per heavy atom. The number of pyridine rings is 1. The number of urea groups is 1. The van der Waals surface area contributed by atoms with Crippen LogP contribution in [0, 0.1) is 5.92 Å². The first-order chi connectivity index (χ1) is 15.0. The molecule has 1 aliphatic heterocycles. The lowest BCUT2D eigenvalue weighted by Gasteiger charge is -2.19. The number of ether oxygens (including phenoxy) is 2. The minimum atomic E-state index is -0.120. The van der Waals surface area contributed by atoms with E-state index in [1.165, 1.54) is 0 Å². The Morgan fingerprint density at radius 3 is 2.84 bits per heavy atom. The van der Waals surface area contributed by atoms with Crippen LogP contribution in [0.15, 0.2) is 36.5 Å². The molecule has 0 aliphatic carbocycles. The molecule has 1 aliphatic rings. The molecule has 1 N–H and O–H groups in total. The van der Waals surface area contributed by atoms with Gasteiger partial charge >= 0.3 is 6.03 Å². The lowest BCUT2D eigenvalue weighted by molar-refractivity contribution is 0.220. The summed E-state index contributed by atoms with van der Waals surface area (Å²) in [5, 5.41) is 2.97. The van der Waals surface area contributed by atoms with Crippen LogP contribution in [0.25, 0.3) is 11.2 Å². The molecule has 0 saturated carbocycles. The fraction of sp³-hybridized carbons (Fsp3) is 0.435. The third-order valence-corrected chi connectivity index (χ3v) is 5.73. The van der Waals surface area contributed by atoms with E-state index >= 15 is 0 Å². The van der Waals surface area contributed by atoms with E-state index < -0.39 is 0 Å². The number of hydrogen-bond acceptors (Lipinski definition) is 5. The van der Waals surface area contributed by atoms with Gasteiger partial charge in [-0.25, -0.2) is 14.8 Å². The molecule has 1 fully saturated rings. The van der Waals surface area contributed by atoms with Gasteiger partial charge in [-0.3, -0.25) is 0 Å². The van der Waals surface area contributed by atoms with Crippen molar-refractivity contribution in [2.24, 2.45) is 5.92 Å². The molecule has 2 aromatic heterocycles. The zero-order valence-electron chi connectivity index (χ0n) is 18.5. The fourth-order valence-electron chi connectivity index (χ4n) is 4.20. The van der Waals surface area contributed by atoms with Crippen molar-refractivity contribution in [2.75, 3.05) is 32.6 Å². The molecule has 1 atom stereocenters. The number of likely N-dealkylation sites (tertiary alicyclic amines) is 1. The molecule has 8 nitrogen and oxygen atoms in total. The van der Waals surface area contributed by atoms with Crippen LogP contribution in [-0.2, 0) is 6.42 Å². The Hall–Kier alpha value is -3.29. The van der Waals surface area contributed by atoms with Gasteiger partial charge in [-0.1, -0.05) is 0 Å². The summed E-state index contributed by atoms with van der Waals surface area (Å²) in [6.07, 6.45) is 3.58. The smallest absolute Gasteiger partial charge is 0.321 e. The Morgan fingerprint density at radius 2 is 2.10 bits per heavy atom. The highest BCUT2D eigenvalue weighted by molar-refractivity contribution is 5.91. The number of hydrogen-bond donors (Lipinski definition) is 1. The van der Waals surface area contributed by atoms with Crippen LogP contribution in [-0.4, -0.2) is 52.8 Å². The number of benzene rings is 1. The summed E-state index contributed by atoms with van der Waals surface area (Å²) in [6.45, 7) is 5.71. The summed E-state index contributed by atoms with van der Waals surface area (Å²) in [5.74, 6) is 2.64. The maximum atomic E-state index is 12.8. The number of rotatable bonds is 6. The predicted octanol–water partition coefficient (Wildman–Crippen LogP) is 4.13. The van der Waals surface area contributed by atoms with Crippen molar-refractivity contribution in [2.45, 2.75) is 32.7 Å². The van der Waals surface area contributed by atoms with Crippen LogP contribution >= 0.6 is 0 Å². The van der Waals surface area contributed by atoms with Gasteiger partial charge in [-0.05, 0) is 50.5 Å². The maximum absolute atomic E-state index is 12.8. The molecular formula is C23H29N5O3. The van der Waals surface area contributed by atoms with Crippen LogP contribution < -0.4 is 14.8 Å². The van der Waals surface area contributed by atoms with E-state index in [0.29, 0.717) is 29.6 Å². The minimum Gasteiger partial charge on any atom is -0.497 e. The lowest BCUT2D eigenvalue weighted by atomic mass is 10.0. The second-order valence-electron chi connectivity index (χ2n) is 8.14. The average Bonchev–Trinajstić information content (AvgIpc) is 3.38. The molecule has 1 aromatic carbocycles. The second-order valence-corrected chi connectivity index (χ2v) is 8.14. The number of fused-ring (bicyclic) bond motifs is 1. The van der Waals surface area contributed by atoms with Crippen molar-refractivity contribution in [1.82, 2.24) is 19.4 Å². The number of anilines is 1. The van der Waals surface area contributed by atoms with E-state index in [1.807, 2.05) is 23.2 Å². The summed E-state index contributed by atoms with van der Waals surface area (Å²) in [4.78, 5) is 24.1. The number of carbonyl (C=O) groups excluding carboxylic acids is 1. The van der Waals surface area contributed by atoms with Crippen molar-refractivity contribution >= 4 is 22.9 Å². The van der Waals surface area contributed by atoms with E-state index in [-0.39, 0.29) is 12.1 Å². The molecule has 31 heavy (non-hydrogen) atoms. The fourth-order valence-corrected chi connectivity index (χ4v) is 4.20. The van der Waals surface area contributed by atoms with Crippen molar-refractivity contribution in [3.8, 4) is 11.5 Å². The van der Waals surface area contributed by atoms with Gasteiger partial charge in [0.2, 0.25) is 0 Å². The number of methoxy groups -OCH3 is 2. The number of nitrogens with one attached hydrogen (secondary N) is 1. The van der Waals surface area contributed by atoms with Gasteiger partial charge in [0.15, 0.2) is 5.65 Å². The van der Waals surface area contributed by atoms with Gasteiger partial charge in [0.1, 0.15) is 22.8 Å². The number of imidazole rings is 1. The molecule has 0 bridgehead atoms. The molecule has 4 rings (SSSR count). The highest BCUT2D eigenvalue weighted by atomic mass is 16.5. The van der Waals surface area contributed by atoms with Gasteiger partial charge in [-0.15, -0.1) is 0 Å². The molecular weight excluding hydrogens is 394 g/mol. The second kappa shape index (κ2) is 8.83. The standard InChI is InChI=1S/C23H29N5O3/c1-15(2)28-21(25-19-6-5-10-24-22(19)28)12-16-9-11-27(14-16)23(29)26-18-8-7-17(30-3)13-20(18)31-4/h5-8,10,13,15-16H,9,11-12,14H2,1-4H3,(H,26,29).